The number of nitriles is 1. The number of rotatable bonds is 3. The molecule has 0 atom stereocenters. The minimum Gasteiger partial charge on any atom is -0.493 e. The van der Waals surface area contributed by atoms with Gasteiger partial charge in [-0.05, 0) is 66.0 Å². The van der Waals surface area contributed by atoms with Crippen LogP contribution >= 0.6 is 0 Å². The molecule has 0 radical (unpaired) electrons. The summed E-state index contributed by atoms with van der Waals surface area (Å²) in [5.41, 5.74) is 5.82. The fourth-order valence-electron chi connectivity index (χ4n) is 3.60. The summed E-state index contributed by atoms with van der Waals surface area (Å²) in [5, 5.41) is 9.05. The van der Waals surface area contributed by atoms with Gasteiger partial charge < -0.3 is 9.64 Å². The quantitative estimate of drug-likeness (QED) is 0.540. The van der Waals surface area contributed by atoms with E-state index in [1.54, 1.807) is 6.08 Å². The fraction of sp³-hybridized carbons (Fsp3) is 0.167. The van der Waals surface area contributed by atoms with Gasteiger partial charge in [0.15, 0.2) is 0 Å². The van der Waals surface area contributed by atoms with Crippen molar-refractivity contribution in [3.05, 3.63) is 100 Å². The van der Waals surface area contributed by atoms with Crippen LogP contribution in [0.15, 0.2) is 77.7 Å². The van der Waals surface area contributed by atoms with E-state index in [9.17, 15) is 0 Å². The van der Waals surface area contributed by atoms with E-state index in [4.69, 9.17) is 16.6 Å². The second-order valence-electron chi connectivity index (χ2n) is 6.70. The number of para-hydroxylation sites is 1. The van der Waals surface area contributed by atoms with E-state index in [0.29, 0.717) is 18.8 Å². The van der Waals surface area contributed by atoms with E-state index in [1.165, 1.54) is 16.9 Å². The molecule has 28 heavy (non-hydrogen) atoms. The summed E-state index contributed by atoms with van der Waals surface area (Å²) in [4.78, 5) is 5.64. The third-order valence-electron chi connectivity index (χ3n) is 4.99. The number of allylic oxidation sites excluding steroid dienone is 3. The van der Waals surface area contributed by atoms with E-state index in [1.807, 2.05) is 24.3 Å². The highest BCUT2D eigenvalue weighted by Crippen LogP contribution is 2.35. The highest BCUT2D eigenvalue weighted by Gasteiger charge is 2.20. The third-order valence-corrected chi connectivity index (χ3v) is 4.99. The van der Waals surface area contributed by atoms with Crippen LogP contribution in [0.3, 0.4) is 0 Å². The summed E-state index contributed by atoms with van der Waals surface area (Å²) in [6.07, 6.45) is 7.33. The molecule has 2 aliphatic rings. The van der Waals surface area contributed by atoms with Gasteiger partial charge in [-0.3, -0.25) is 0 Å². The first-order valence-corrected chi connectivity index (χ1v) is 9.27. The Labute approximate surface area is 165 Å². The molecule has 2 heterocycles. The Balaban J connectivity index is 1.55. The largest absolute Gasteiger partial charge is 0.493 e. The lowest BCUT2D eigenvalue weighted by Crippen LogP contribution is -2.12. The molecule has 0 aromatic heterocycles. The van der Waals surface area contributed by atoms with Gasteiger partial charge in [-0.2, -0.15) is 0 Å². The van der Waals surface area contributed by atoms with Gasteiger partial charge in [0, 0.05) is 17.9 Å². The van der Waals surface area contributed by atoms with Crippen molar-refractivity contribution < 1.29 is 4.74 Å². The number of hydrogen-bond acceptors (Lipinski definition) is 3. The predicted octanol–water partition coefficient (Wildman–Crippen LogP) is 5.40. The normalized spacial score (nSPS) is 17.4. The van der Waals surface area contributed by atoms with Crippen molar-refractivity contribution in [2.24, 2.45) is 0 Å². The first-order chi connectivity index (χ1) is 13.8. The van der Waals surface area contributed by atoms with E-state index in [2.05, 4.69) is 52.2 Å². The number of benzene rings is 2. The first-order valence-electron chi connectivity index (χ1n) is 9.27. The van der Waals surface area contributed by atoms with E-state index in [0.717, 1.165) is 24.1 Å². The Morgan fingerprint density at radius 2 is 2.00 bits per heavy atom. The lowest BCUT2D eigenvalue weighted by atomic mass is 10.1. The molecule has 136 valence electrons. The summed E-state index contributed by atoms with van der Waals surface area (Å²) >= 11 is 0. The molecule has 0 N–H and O–H groups in total. The molecule has 0 amide bonds. The smallest absolute Gasteiger partial charge is 0.265 e. The van der Waals surface area contributed by atoms with Gasteiger partial charge >= 0.3 is 0 Å². The number of anilines is 2. The third kappa shape index (κ3) is 3.54. The second kappa shape index (κ2) is 7.86. The van der Waals surface area contributed by atoms with Crippen molar-refractivity contribution in [1.29, 1.82) is 5.26 Å². The van der Waals surface area contributed by atoms with Gasteiger partial charge in [0.2, 0.25) is 0 Å². The van der Waals surface area contributed by atoms with E-state index < -0.39 is 0 Å². The maximum absolute atomic E-state index is 9.05. The Kier molecular flexibility index (Phi) is 4.95. The molecule has 0 fully saturated rings. The van der Waals surface area contributed by atoms with Crippen LogP contribution in [0.25, 0.3) is 10.9 Å². The summed E-state index contributed by atoms with van der Waals surface area (Å²) in [5.74, 6) is 0.684. The molecule has 0 spiro atoms. The zero-order valence-corrected chi connectivity index (χ0v) is 15.4. The van der Waals surface area contributed by atoms with Crippen molar-refractivity contribution >= 4 is 17.5 Å². The topological polar surface area (TPSA) is 40.6 Å². The average Bonchev–Trinajstić information content (AvgIpc) is 3.17. The lowest BCUT2D eigenvalue weighted by Gasteiger charge is -2.19. The number of fused-ring (bicyclic) bond motifs is 1. The molecule has 4 rings (SSSR count). The molecule has 4 nitrogen and oxygen atoms in total. The zero-order valence-electron chi connectivity index (χ0n) is 15.4. The van der Waals surface area contributed by atoms with Gasteiger partial charge in [0.1, 0.15) is 5.76 Å². The van der Waals surface area contributed by atoms with Crippen LogP contribution in [0.5, 0.6) is 0 Å². The summed E-state index contributed by atoms with van der Waals surface area (Å²) in [6.45, 7) is 8.58. The Hall–Kier alpha value is -3.76. The standard InChI is InChI=1S/C24H19N3O/c1-26-23(17-25)19-12-14-28-22(16-19)9-7-18-8-10-24-20(15-18)11-13-27(24)21-5-3-2-4-6-21/h2-10,15-16H,11-14H2/b9-7+,23-19-. The molecule has 2 aromatic rings. The van der Waals surface area contributed by atoms with Gasteiger partial charge in [0.25, 0.3) is 5.70 Å². The molecule has 4 heteroatoms. The van der Waals surface area contributed by atoms with Gasteiger partial charge in [0.05, 0.1) is 19.2 Å². The predicted molar refractivity (Wildman–Crippen MR) is 111 cm³/mol. The number of ether oxygens (including phenoxy) is 1. The van der Waals surface area contributed by atoms with Crippen LogP contribution in [0.1, 0.15) is 17.5 Å². The first kappa shape index (κ1) is 17.6. The van der Waals surface area contributed by atoms with Crippen molar-refractivity contribution in [3.63, 3.8) is 0 Å². The maximum Gasteiger partial charge on any atom is 0.265 e. The molecule has 2 aromatic carbocycles. The SMILES string of the molecule is [C-]#[N+]/C(C#N)=C1C=C(/C=C/c2ccc3c(c2)CCN3c2ccccc2)OCC\1. The van der Waals surface area contributed by atoms with E-state index in [-0.39, 0.29) is 5.70 Å². The van der Waals surface area contributed by atoms with Gasteiger partial charge in [-0.15, -0.1) is 0 Å². The maximum atomic E-state index is 9.05. The Morgan fingerprint density at radius 3 is 2.79 bits per heavy atom. The lowest BCUT2D eigenvalue weighted by molar-refractivity contribution is 0.219. The summed E-state index contributed by atoms with van der Waals surface area (Å²) in [6, 6.07) is 18.9. The van der Waals surface area contributed by atoms with Crippen molar-refractivity contribution in [1.82, 2.24) is 0 Å². The number of hydrogen-bond donors (Lipinski definition) is 0. The average molecular weight is 365 g/mol. The fourth-order valence-corrected chi connectivity index (χ4v) is 3.60. The van der Waals surface area contributed by atoms with Crippen molar-refractivity contribution in [2.75, 3.05) is 18.1 Å². The molecular formula is C24H19N3O. The van der Waals surface area contributed by atoms with Gasteiger partial charge in [-0.1, -0.05) is 30.3 Å². The van der Waals surface area contributed by atoms with Crippen LogP contribution in [0.2, 0.25) is 0 Å². The zero-order chi connectivity index (χ0) is 19.3. The molecule has 0 unspecified atom stereocenters. The highest BCUT2D eigenvalue weighted by atomic mass is 16.5. The van der Waals surface area contributed by atoms with Gasteiger partial charge in [-0.25, -0.2) is 10.1 Å². The van der Waals surface area contributed by atoms with E-state index >= 15 is 0 Å². The molecule has 0 aliphatic carbocycles. The molecule has 0 bridgehead atoms. The molecule has 2 aliphatic heterocycles. The molecule has 0 saturated heterocycles. The van der Waals surface area contributed by atoms with Crippen LogP contribution in [-0.2, 0) is 11.2 Å². The van der Waals surface area contributed by atoms with Crippen LogP contribution in [0, 0.1) is 17.9 Å². The highest BCUT2D eigenvalue weighted by molar-refractivity contribution is 5.72. The minimum absolute atomic E-state index is 0.146. The van der Waals surface area contributed by atoms with Crippen molar-refractivity contribution in [2.45, 2.75) is 12.8 Å². The number of nitrogens with zero attached hydrogens (tertiary/aromatic N) is 3. The molecular weight excluding hydrogens is 346 g/mol. The molecule has 0 saturated carbocycles. The summed E-state index contributed by atoms with van der Waals surface area (Å²) < 4.78 is 5.66. The summed E-state index contributed by atoms with van der Waals surface area (Å²) in [7, 11) is 0. The second-order valence-corrected chi connectivity index (χ2v) is 6.70. The van der Waals surface area contributed by atoms with Crippen LogP contribution < -0.4 is 4.90 Å². The Morgan fingerprint density at radius 1 is 1.14 bits per heavy atom. The van der Waals surface area contributed by atoms with Crippen LogP contribution in [-0.4, -0.2) is 13.2 Å². The van der Waals surface area contributed by atoms with Crippen LogP contribution in [0.4, 0.5) is 11.4 Å². The Bertz CT molecular complexity index is 1050. The monoisotopic (exact) mass is 365 g/mol. The van der Waals surface area contributed by atoms with Crippen molar-refractivity contribution in [3.8, 4) is 6.07 Å². The minimum atomic E-state index is 0.146.